The Morgan fingerprint density at radius 1 is 1.40 bits per heavy atom. The second-order valence-electron chi connectivity index (χ2n) is 7.50. The van der Waals surface area contributed by atoms with Gasteiger partial charge in [0, 0.05) is 11.5 Å². The summed E-state index contributed by atoms with van der Waals surface area (Å²) in [5.41, 5.74) is 0.632. The number of halogens is 2. The number of para-hydroxylation sites is 1. The van der Waals surface area contributed by atoms with Crippen molar-refractivity contribution < 1.29 is 18.7 Å². The first-order valence-corrected chi connectivity index (χ1v) is 8.32. The van der Waals surface area contributed by atoms with Crippen molar-refractivity contribution in [3.8, 4) is 5.69 Å². The molecule has 2 atom stereocenters. The van der Waals surface area contributed by atoms with E-state index >= 15 is 0 Å². The van der Waals surface area contributed by atoms with Gasteiger partial charge in [-0.25, -0.2) is 13.5 Å². The van der Waals surface area contributed by atoms with Gasteiger partial charge in [0.15, 0.2) is 17.3 Å². The van der Waals surface area contributed by atoms with Gasteiger partial charge in [-0.3, -0.25) is 4.79 Å². The molecule has 1 amide bonds. The molecule has 1 aromatic heterocycles. The number of carbonyl (C=O) groups excluding carboxylic acids is 1. The number of aliphatic hydroxyl groups is 1. The Balaban J connectivity index is 1.82. The van der Waals surface area contributed by atoms with Crippen LogP contribution in [-0.2, 0) is 6.42 Å². The maximum absolute atomic E-state index is 14.2. The summed E-state index contributed by atoms with van der Waals surface area (Å²) >= 11 is 0. The van der Waals surface area contributed by atoms with E-state index in [2.05, 4.69) is 10.4 Å². The monoisotopic (exact) mass is 347 g/mol. The molecule has 0 unspecified atom stereocenters. The van der Waals surface area contributed by atoms with E-state index in [1.54, 1.807) is 13.8 Å². The van der Waals surface area contributed by atoms with Crippen LogP contribution in [0.3, 0.4) is 0 Å². The van der Waals surface area contributed by atoms with Crippen molar-refractivity contribution in [2.75, 3.05) is 6.61 Å². The summed E-state index contributed by atoms with van der Waals surface area (Å²) in [4.78, 5) is 12.6. The van der Waals surface area contributed by atoms with Gasteiger partial charge in [0.1, 0.15) is 5.69 Å². The Kier molecular flexibility index (Phi) is 3.47. The number of amides is 1. The van der Waals surface area contributed by atoms with Gasteiger partial charge in [-0.1, -0.05) is 6.07 Å². The molecular weight excluding hydrogens is 328 g/mol. The Labute approximate surface area is 143 Å². The van der Waals surface area contributed by atoms with Gasteiger partial charge in [0.2, 0.25) is 0 Å². The second-order valence-corrected chi connectivity index (χ2v) is 7.50. The minimum absolute atomic E-state index is 0.186. The van der Waals surface area contributed by atoms with E-state index in [1.807, 2.05) is 0 Å². The van der Waals surface area contributed by atoms with Gasteiger partial charge >= 0.3 is 0 Å². The van der Waals surface area contributed by atoms with Crippen molar-refractivity contribution in [1.82, 2.24) is 15.1 Å². The summed E-state index contributed by atoms with van der Waals surface area (Å²) in [6, 6.07) is 3.66. The maximum atomic E-state index is 14.2. The van der Waals surface area contributed by atoms with Crippen molar-refractivity contribution in [2.24, 2.45) is 5.92 Å². The molecule has 4 rings (SSSR count). The smallest absolute Gasteiger partial charge is 0.272 e. The van der Waals surface area contributed by atoms with Crippen LogP contribution in [0.25, 0.3) is 5.69 Å². The Bertz CT molecular complexity index is 855. The highest BCUT2D eigenvalue weighted by Gasteiger charge is 2.50. The molecule has 132 valence electrons. The second kappa shape index (κ2) is 5.36. The lowest BCUT2D eigenvalue weighted by molar-refractivity contribution is 0.0862. The zero-order chi connectivity index (χ0) is 17.9. The van der Waals surface area contributed by atoms with E-state index in [0.717, 1.165) is 17.7 Å². The van der Waals surface area contributed by atoms with E-state index in [4.69, 9.17) is 0 Å². The fourth-order valence-corrected chi connectivity index (χ4v) is 3.57. The molecule has 1 heterocycles. The average molecular weight is 347 g/mol. The molecule has 2 aliphatic carbocycles. The zero-order valence-electron chi connectivity index (χ0n) is 14.0. The third kappa shape index (κ3) is 2.54. The van der Waals surface area contributed by atoms with Gasteiger partial charge in [0.05, 0.1) is 17.8 Å². The summed E-state index contributed by atoms with van der Waals surface area (Å²) in [5, 5.41) is 16.3. The van der Waals surface area contributed by atoms with E-state index in [1.165, 1.54) is 22.9 Å². The number of nitrogens with one attached hydrogen (secondary N) is 1. The van der Waals surface area contributed by atoms with Crippen LogP contribution in [-0.4, -0.2) is 32.9 Å². The number of rotatable bonds is 4. The number of hydrogen-bond donors (Lipinski definition) is 2. The molecule has 0 saturated heterocycles. The molecule has 0 aliphatic heterocycles. The molecule has 0 radical (unpaired) electrons. The van der Waals surface area contributed by atoms with Crippen LogP contribution in [0.2, 0.25) is 0 Å². The van der Waals surface area contributed by atoms with E-state index in [0.29, 0.717) is 12.3 Å². The highest BCUT2D eigenvalue weighted by atomic mass is 19.1. The highest BCUT2D eigenvalue weighted by molar-refractivity contribution is 5.95. The predicted octanol–water partition coefficient (Wildman–Crippen LogP) is 2.31. The number of carbonyl (C=O) groups is 1. The number of hydrogen-bond acceptors (Lipinski definition) is 3. The number of fused-ring (bicyclic) bond motifs is 3. The molecule has 7 heteroatoms. The lowest BCUT2D eigenvalue weighted by atomic mass is 10.1. The van der Waals surface area contributed by atoms with Gasteiger partial charge < -0.3 is 10.4 Å². The van der Waals surface area contributed by atoms with Crippen LogP contribution in [0.5, 0.6) is 0 Å². The van der Waals surface area contributed by atoms with Crippen LogP contribution in [0.15, 0.2) is 18.2 Å². The predicted molar refractivity (Wildman–Crippen MR) is 86.7 cm³/mol. The van der Waals surface area contributed by atoms with Crippen molar-refractivity contribution >= 4 is 5.91 Å². The van der Waals surface area contributed by atoms with Crippen LogP contribution < -0.4 is 5.32 Å². The van der Waals surface area contributed by atoms with Crippen LogP contribution in [0.1, 0.15) is 47.9 Å². The lowest BCUT2D eigenvalue weighted by Gasteiger charge is -2.23. The molecule has 0 bridgehead atoms. The summed E-state index contributed by atoms with van der Waals surface area (Å²) < 4.78 is 29.8. The standard InChI is InChI=1S/C18H19F2N3O2/c1-18(2,8-24)21-17(25)14-11-7-9-6-10(9)15(11)23(22-14)16-12(19)4-3-5-13(16)20/h3-5,9-10,24H,6-8H2,1-2H3,(H,21,25)/t9-,10-/m1/s1. The molecule has 2 aliphatic rings. The van der Waals surface area contributed by atoms with Crippen LogP contribution in [0.4, 0.5) is 8.78 Å². The van der Waals surface area contributed by atoms with Crippen LogP contribution >= 0.6 is 0 Å². The van der Waals surface area contributed by atoms with Gasteiger partial charge in [0.25, 0.3) is 5.91 Å². The number of benzene rings is 1. The summed E-state index contributed by atoms with van der Waals surface area (Å²) in [6.45, 7) is 3.15. The topological polar surface area (TPSA) is 67.2 Å². The average Bonchev–Trinajstić information content (AvgIpc) is 3.05. The van der Waals surface area contributed by atoms with Crippen molar-refractivity contribution in [3.05, 3.63) is 46.8 Å². The van der Waals surface area contributed by atoms with E-state index in [-0.39, 0.29) is 23.9 Å². The summed E-state index contributed by atoms with van der Waals surface area (Å²) in [7, 11) is 0. The first kappa shape index (κ1) is 16.2. The molecule has 1 saturated carbocycles. The van der Waals surface area contributed by atoms with E-state index in [9.17, 15) is 18.7 Å². The summed E-state index contributed by atoms with van der Waals surface area (Å²) in [5.74, 6) is -1.23. The number of aromatic nitrogens is 2. The maximum Gasteiger partial charge on any atom is 0.272 e. The molecular formula is C18H19F2N3O2. The zero-order valence-corrected chi connectivity index (χ0v) is 14.0. The molecule has 0 spiro atoms. The summed E-state index contributed by atoms with van der Waals surface area (Å²) in [6.07, 6.45) is 1.65. The normalized spacial score (nSPS) is 21.0. The fourth-order valence-electron chi connectivity index (χ4n) is 3.57. The molecule has 5 nitrogen and oxygen atoms in total. The molecule has 25 heavy (non-hydrogen) atoms. The van der Waals surface area contributed by atoms with Crippen molar-refractivity contribution in [3.63, 3.8) is 0 Å². The molecule has 2 N–H and O–H groups in total. The van der Waals surface area contributed by atoms with Crippen LogP contribution in [0, 0.1) is 17.6 Å². The molecule has 1 aromatic carbocycles. The quantitative estimate of drug-likeness (QED) is 0.892. The first-order chi connectivity index (χ1) is 11.8. The highest BCUT2D eigenvalue weighted by Crippen LogP contribution is 2.57. The Morgan fingerprint density at radius 3 is 2.72 bits per heavy atom. The first-order valence-electron chi connectivity index (χ1n) is 8.32. The fraction of sp³-hybridized carbons (Fsp3) is 0.444. The molecule has 2 aromatic rings. The lowest BCUT2D eigenvalue weighted by Crippen LogP contribution is -2.46. The van der Waals surface area contributed by atoms with Crippen molar-refractivity contribution in [2.45, 2.75) is 38.1 Å². The third-order valence-electron chi connectivity index (χ3n) is 4.97. The molecule has 1 fully saturated rings. The van der Waals surface area contributed by atoms with Crippen molar-refractivity contribution in [1.29, 1.82) is 0 Å². The van der Waals surface area contributed by atoms with Gasteiger partial charge in [-0.05, 0) is 44.7 Å². The number of aliphatic hydroxyl groups excluding tert-OH is 1. The van der Waals surface area contributed by atoms with Gasteiger partial charge in [-0.2, -0.15) is 5.10 Å². The largest absolute Gasteiger partial charge is 0.394 e. The minimum atomic E-state index is -0.807. The van der Waals surface area contributed by atoms with Gasteiger partial charge in [-0.15, -0.1) is 0 Å². The Hall–Kier alpha value is -2.28. The van der Waals surface area contributed by atoms with E-state index < -0.39 is 23.1 Å². The number of nitrogens with zero attached hydrogens (tertiary/aromatic N) is 2. The Morgan fingerprint density at radius 2 is 2.08 bits per heavy atom. The SMILES string of the molecule is CC(C)(CO)NC(=O)c1nn(-c2c(F)cccc2F)c2c1C[C@H]1C[C@@H]21. The third-order valence-corrected chi connectivity index (χ3v) is 4.97. The minimum Gasteiger partial charge on any atom is -0.394 e.